The first-order chi connectivity index (χ1) is 44.5. The first-order valence-corrected chi connectivity index (χ1v) is 31.2. The van der Waals surface area contributed by atoms with Crippen LogP contribution in [-0.4, -0.2) is 172 Å². The van der Waals surface area contributed by atoms with Crippen LogP contribution in [-0.2, 0) is 91.3 Å². The van der Waals surface area contributed by atoms with Gasteiger partial charge in [0.2, 0.25) is 76.8 Å². The van der Waals surface area contributed by atoms with Gasteiger partial charge in [0.05, 0.1) is 43.8 Å². The Morgan fingerprint density at radius 2 is 1.16 bits per heavy atom. The van der Waals surface area contributed by atoms with Crippen LogP contribution in [0, 0.1) is 5.92 Å². The number of H-pyrrole nitrogens is 1. The van der Waals surface area contributed by atoms with E-state index in [1.807, 2.05) is 18.2 Å². The Labute approximate surface area is 544 Å². The summed E-state index contributed by atoms with van der Waals surface area (Å²) >= 11 is 0. The quantitative estimate of drug-likeness (QED) is 0.0262. The number of para-hydroxylation sites is 1. The number of primary amides is 3. The molecule has 0 aliphatic carbocycles. The number of fused-ring (bicyclic) bond motifs is 1. The van der Waals surface area contributed by atoms with Gasteiger partial charge in [-0.3, -0.25) is 62.3 Å². The Kier molecular flexibility index (Phi) is 26.7. The molecule has 2 aliphatic rings. The lowest BCUT2D eigenvalue weighted by molar-refractivity contribution is -0.149. The van der Waals surface area contributed by atoms with Gasteiger partial charge >= 0.3 is 0 Å². The number of aromatic amines is 1. The molecule has 11 atom stereocenters. The zero-order valence-electron chi connectivity index (χ0n) is 53.9. The molecular weight excluding hydrogens is 1220 g/mol. The number of hydrogen-bond donors (Lipinski definition) is 13. The largest absolute Gasteiger partial charge is 0.371 e. The summed E-state index contributed by atoms with van der Waals surface area (Å²) in [5.74, 6) is -11.4. The van der Waals surface area contributed by atoms with Crippen molar-refractivity contribution in [3.05, 3.63) is 108 Å². The van der Waals surface area contributed by atoms with Crippen LogP contribution in [0.3, 0.4) is 0 Å². The zero-order valence-corrected chi connectivity index (χ0v) is 53.9. The summed E-state index contributed by atoms with van der Waals surface area (Å²) in [6.45, 7) is 11.1. The number of ether oxygens (including phenoxy) is 2. The van der Waals surface area contributed by atoms with Gasteiger partial charge in [0.25, 0.3) is 0 Å². The molecule has 1 aromatic heterocycles. The predicted octanol–water partition coefficient (Wildman–Crippen LogP) is -1.18. The lowest BCUT2D eigenvalue weighted by Crippen LogP contribution is -2.63. The van der Waals surface area contributed by atoms with Crippen molar-refractivity contribution < 1.29 is 71.8 Å². The van der Waals surface area contributed by atoms with E-state index >= 15 is 4.79 Å². The van der Waals surface area contributed by atoms with Gasteiger partial charge in [-0.1, -0.05) is 92.7 Å². The summed E-state index contributed by atoms with van der Waals surface area (Å²) < 4.78 is 12.1. The Bertz CT molecular complexity index is 3380. The highest BCUT2D eigenvalue weighted by Crippen LogP contribution is 2.24. The second kappa shape index (κ2) is 34.2. The van der Waals surface area contributed by atoms with Gasteiger partial charge in [0.1, 0.15) is 54.4 Å². The average Bonchev–Trinajstić information content (AvgIpc) is 1.51. The third-order valence-electron chi connectivity index (χ3n) is 15.7. The van der Waals surface area contributed by atoms with Crippen LogP contribution in [0.5, 0.6) is 0 Å². The zero-order chi connectivity index (χ0) is 69.0. The van der Waals surface area contributed by atoms with Gasteiger partial charge in [-0.05, 0) is 89.0 Å². The third-order valence-corrected chi connectivity index (χ3v) is 15.7. The van der Waals surface area contributed by atoms with Crippen molar-refractivity contribution in [2.75, 3.05) is 13.1 Å². The van der Waals surface area contributed by atoms with Crippen molar-refractivity contribution in [2.24, 2.45) is 23.1 Å². The SMILES string of the molecule is CC(C)C[C@H](NC(=O)[C@@H]1CCC(=O)N1)C(=O)N[C@@H](CC(N)=O)C(=O)N[C@@H](Cc1ccccc1)C(=O)N[C@H](C(=O)N1CCC[C@H]1C(=O)N[C@@H](CC(N)=O)C(=O)N[C@@H](Cc1c[nH]c2ccccc12)C(=O)NCC(=O)N[C@H](C(N)=O)[C@@H](C)OCc1ccccc1)[C@@H](C)OC(C)(C)C. The molecular formula is C65H88N14O15. The molecule has 0 unspecified atom stereocenters. The van der Waals surface area contributed by atoms with E-state index in [4.69, 9.17) is 26.7 Å². The Morgan fingerprint density at radius 3 is 1.74 bits per heavy atom. The molecule has 4 aromatic rings. The summed E-state index contributed by atoms with van der Waals surface area (Å²) in [6.07, 6.45) is -1.68. The third kappa shape index (κ3) is 22.2. The lowest BCUT2D eigenvalue weighted by Gasteiger charge is -2.35. The molecule has 0 bridgehead atoms. The van der Waals surface area contributed by atoms with E-state index in [-0.39, 0.29) is 69.9 Å². The second-order valence-electron chi connectivity index (χ2n) is 25.0. The second-order valence-corrected chi connectivity index (χ2v) is 25.0. The Balaban J connectivity index is 1.20. The van der Waals surface area contributed by atoms with E-state index < -0.39 is 162 Å². The molecule has 6 rings (SSSR count). The number of nitrogens with two attached hydrogens (primary N) is 3. The molecule has 94 heavy (non-hydrogen) atoms. The molecule has 29 heteroatoms. The van der Waals surface area contributed by atoms with Crippen molar-refractivity contribution in [1.82, 2.24) is 57.7 Å². The summed E-state index contributed by atoms with van der Waals surface area (Å²) in [5, 5.41) is 23.8. The van der Waals surface area contributed by atoms with Crippen molar-refractivity contribution in [3.63, 3.8) is 0 Å². The van der Waals surface area contributed by atoms with Crippen LogP contribution in [0.4, 0.5) is 0 Å². The minimum absolute atomic E-state index is 0.0262. The van der Waals surface area contributed by atoms with Gasteiger partial charge in [0.15, 0.2) is 0 Å². The fourth-order valence-corrected chi connectivity index (χ4v) is 11.1. The molecule has 508 valence electrons. The molecule has 2 aliphatic heterocycles. The molecule has 29 nitrogen and oxygen atoms in total. The van der Waals surface area contributed by atoms with Crippen molar-refractivity contribution >= 4 is 87.7 Å². The number of nitrogens with one attached hydrogen (secondary N) is 10. The Hall–Kier alpha value is -9.77. The highest BCUT2D eigenvalue weighted by molar-refractivity contribution is 6.01. The Morgan fingerprint density at radius 1 is 0.606 bits per heavy atom. The number of carbonyl (C=O) groups is 13. The summed E-state index contributed by atoms with van der Waals surface area (Å²) in [7, 11) is 0. The fourth-order valence-electron chi connectivity index (χ4n) is 11.1. The fraction of sp³-hybridized carbons (Fsp3) is 0.492. The lowest BCUT2D eigenvalue weighted by atomic mass is 10.0. The molecule has 0 saturated carbocycles. The number of likely N-dealkylation sites (tertiary alicyclic amines) is 1. The number of hydrogen-bond acceptors (Lipinski definition) is 15. The molecule has 3 heterocycles. The van der Waals surface area contributed by atoms with E-state index in [0.29, 0.717) is 22.0 Å². The van der Waals surface area contributed by atoms with Crippen molar-refractivity contribution in [2.45, 2.75) is 185 Å². The number of benzene rings is 3. The van der Waals surface area contributed by atoms with E-state index in [2.05, 4.69) is 52.8 Å². The van der Waals surface area contributed by atoms with Crippen molar-refractivity contribution in [3.8, 4) is 0 Å². The van der Waals surface area contributed by atoms with Crippen LogP contribution < -0.4 is 65.1 Å². The van der Waals surface area contributed by atoms with Crippen LogP contribution in [0.25, 0.3) is 10.9 Å². The van der Waals surface area contributed by atoms with Gasteiger partial charge in [-0.15, -0.1) is 0 Å². The molecule has 0 spiro atoms. The smallest absolute Gasteiger partial charge is 0.248 e. The highest BCUT2D eigenvalue weighted by atomic mass is 16.5. The minimum atomic E-state index is -1.75. The number of carbonyl (C=O) groups excluding carboxylic acids is 13. The maximum atomic E-state index is 15.1. The van der Waals surface area contributed by atoms with E-state index in [9.17, 15) is 57.5 Å². The first-order valence-electron chi connectivity index (χ1n) is 31.2. The molecule has 2 fully saturated rings. The predicted molar refractivity (Wildman–Crippen MR) is 342 cm³/mol. The normalized spacial score (nSPS) is 17.5. The number of aromatic nitrogens is 1. The molecule has 0 radical (unpaired) electrons. The average molecular weight is 1310 g/mol. The number of amides is 13. The van der Waals surface area contributed by atoms with Crippen LogP contribution in [0.1, 0.15) is 110 Å². The van der Waals surface area contributed by atoms with Gasteiger partial charge in [-0.25, -0.2) is 0 Å². The standard InChI is InChI=1S/C65H88N14O15/c1-35(2)27-44(72-58(86)43-24-25-52(82)71-43)59(87)75-47(30-50(66)80)60(88)73-45(28-38-17-10-8-11-18-38)62(90)78-55(37(4)94-65(5,6)7)64(92)79-26-16-23-49(79)63(91)76-48(31-51(67)81)61(89)74-46(29-40-32-69-42-22-15-14-21-41(40)42)57(85)70-33-53(83)77-54(56(68)84)36(3)93-34-39-19-12-9-13-20-39/h8-15,17-22,32,35-37,43-49,54-55,69H,16,23-31,33-34H2,1-7H3,(H2,66,80)(H2,67,81)(H2,68,84)(H,70,85)(H,71,82)(H,72,86)(H,73,88)(H,74,89)(H,75,87)(H,76,91)(H,77,83)(H,78,90)/t36-,37-,43+,44+,45+,46+,47+,48+,49+,54+,55+/m1/s1. The monoisotopic (exact) mass is 1300 g/mol. The van der Waals surface area contributed by atoms with E-state index in [1.165, 1.54) is 11.8 Å². The van der Waals surface area contributed by atoms with Gasteiger partial charge < -0.3 is 84.4 Å². The number of nitrogens with zero attached hydrogens (tertiary/aromatic N) is 1. The van der Waals surface area contributed by atoms with E-state index in [1.54, 1.807) is 114 Å². The van der Waals surface area contributed by atoms with Crippen LogP contribution >= 0.6 is 0 Å². The minimum Gasteiger partial charge on any atom is -0.371 e. The molecule has 2 saturated heterocycles. The highest BCUT2D eigenvalue weighted by Gasteiger charge is 2.43. The first kappa shape index (κ1) is 73.3. The van der Waals surface area contributed by atoms with Gasteiger partial charge in [-0.2, -0.15) is 0 Å². The molecule has 16 N–H and O–H groups in total. The maximum absolute atomic E-state index is 15.1. The van der Waals surface area contributed by atoms with Crippen molar-refractivity contribution in [1.29, 1.82) is 0 Å². The van der Waals surface area contributed by atoms with Gasteiger partial charge in [0, 0.05) is 42.9 Å². The topological polar surface area (TPSA) is 446 Å². The molecule has 3 aromatic carbocycles. The van der Waals surface area contributed by atoms with Crippen LogP contribution in [0.2, 0.25) is 0 Å². The van der Waals surface area contributed by atoms with E-state index in [0.717, 1.165) is 5.56 Å². The number of rotatable bonds is 34. The maximum Gasteiger partial charge on any atom is 0.248 e. The van der Waals surface area contributed by atoms with Crippen LogP contribution in [0.15, 0.2) is 91.1 Å². The molecule has 13 amide bonds. The summed E-state index contributed by atoms with van der Waals surface area (Å²) in [5.41, 5.74) is 18.5. The summed E-state index contributed by atoms with van der Waals surface area (Å²) in [4.78, 5) is 182. The summed E-state index contributed by atoms with van der Waals surface area (Å²) in [6, 6.07) is 11.8.